The SMILES string of the molecule is Cc1nn(C)c(CC(N)Cc2ccccc2)c1Cl. The molecule has 0 spiro atoms. The Labute approximate surface area is 113 Å². The van der Waals surface area contributed by atoms with Crippen molar-refractivity contribution >= 4 is 11.6 Å². The largest absolute Gasteiger partial charge is 0.327 e. The van der Waals surface area contributed by atoms with E-state index in [1.54, 1.807) is 0 Å². The van der Waals surface area contributed by atoms with Crippen molar-refractivity contribution < 1.29 is 0 Å². The first kappa shape index (κ1) is 13.1. The van der Waals surface area contributed by atoms with Gasteiger partial charge in [-0.1, -0.05) is 41.9 Å². The van der Waals surface area contributed by atoms with Crippen molar-refractivity contribution in [2.24, 2.45) is 12.8 Å². The van der Waals surface area contributed by atoms with Gasteiger partial charge in [-0.05, 0) is 18.9 Å². The second-order valence-corrected chi connectivity index (χ2v) is 5.00. The average molecular weight is 264 g/mol. The highest BCUT2D eigenvalue weighted by Gasteiger charge is 2.14. The first-order valence-electron chi connectivity index (χ1n) is 6.05. The Balaban J connectivity index is 2.05. The predicted molar refractivity (Wildman–Crippen MR) is 74.8 cm³/mol. The van der Waals surface area contributed by atoms with Gasteiger partial charge in [0.2, 0.25) is 0 Å². The summed E-state index contributed by atoms with van der Waals surface area (Å²) < 4.78 is 1.82. The van der Waals surface area contributed by atoms with Crippen LogP contribution in [-0.2, 0) is 19.9 Å². The maximum absolute atomic E-state index is 6.22. The molecule has 0 saturated carbocycles. The first-order chi connectivity index (χ1) is 8.58. The first-order valence-corrected chi connectivity index (χ1v) is 6.43. The van der Waals surface area contributed by atoms with Crippen molar-refractivity contribution in [2.45, 2.75) is 25.8 Å². The Kier molecular flexibility index (Phi) is 4.04. The van der Waals surface area contributed by atoms with Crippen LogP contribution in [0.5, 0.6) is 0 Å². The van der Waals surface area contributed by atoms with Crippen molar-refractivity contribution in [1.82, 2.24) is 9.78 Å². The van der Waals surface area contributed by atoms with Crippen LogP contribution in [0, 0.1) is 6.92 Å². The number of benzene rings is 1. The summed E-state index contributed by atoms with van der Waals surface area (Å²) >= 11 is 6.22. The lowest BCUT2D eigenvalue weighted by molar-refractivity contribution is 0.612. The van der Waals surface area contributed by atoms with Crippen molar-refractivity contribution in [1.29, 1.82) is 0 Å². The van der Waals surface area contributed by atoms with Gasteiger partial charge >= 0.3 is 0 Å². The fourth-order valence-electron chi connectivity index (χ4n) is 2.14. The molecule has 1 atom stereocenters. The smallest absolute Gasteiger partial charge is 0.0847 e. The molecule has 0 aliphatic carbocycles. The zero-order chi connectivity index (χ0) is 13.1. The molecule has 0 saturated heterocycles. The molecule has 1 unspecified atom stereocenters. The van der Waals surface area contributed by atoms with Crippen LogP contribution in [0.4, 0.5) is 0 Å². The summed E-state index contributed by atoms with van der Waals surface area (Å²) in [4.78, 5) is 0. The van der Waals surface area contributed by atoms with Gasteiger partial charge in [-0.2, -0.15) is 5.10 Å². The van der Waals surface area contributed by atoms with Gasteiger partial charge in [0.15, 0.2) is 0 Å². The second kappa shape index (κ2) is 5.55. The van der Waals surface area contributed by atoms with Crippen molar-refractivity contribution in [3.8, 4) is 0 Å². The van der Waals surface area contributed by atoms with Crippen LogP contribution in [0.3, 0.4) is 0 Å². The molecule has 1 aromatic carbocycles. The highest BCUT2D eigenvalue weighted by atomic mass is 35.5. The molecule has 2 N–H and O–H groups in total. The second-order valence-electron chi connectivity index (χ2n) is 4.62. The van der Waals surface area contributed by atoms with Crippen molar-refractivity contribution in [3.05, 3.63) is 52.3 Å². The summed E-state index contributed by atoms with van der Waals surface area (Å²) in [7, 11) is 1.91. The Bertz CT molecular complexity index is 519. The lowest BCUT2D eigenvalue weighted by Gasteiger charge is -2.12. The molecule has 0 aliphatic heterocycles. The molecule has 1 heterocycles. The Morgan fingerprint density at radius 3 is 2.50 bits per heavy atom. The highest BCUT2D eigenvalue weighted by molar-refractivity contribution is 6.31. The molecule has 18 heavy (non-hydrogen) atoms. The maximum Gasteiger partial charge on any atom is 0.0847 e. The Hall–Kier alpha value is -1.32. The summed E-state index contributed by atoms with van der Waals surface area (Å²) in [5.41, 5.74) is 9.31. The third kappa shape index (κ3) is 2.92. The summed E-state index contributed by atoms with van der Waals surface area (Å²) in [6, 6.07) is 10.3. The van der Waals surface area contributed by atoms with Crippen LogP contribution >= 0.6 is 11.6 Å². The standard InChI is InChI=1S/C14H18ClN3/c1-10-14(15)13(18(2)17-10)9-12(16)8-11-6-4-3-5-7-11/h3-7,12H,8-9,16H2,1-2H3. The van der Waals surface area contributed by atoms with E-state index in [4.69, 9.17) is 17.3 Å². The molecular formula is C14H18ClN3. The maximum atomic E-state index is 6.22. The molecule has 2 rings (SSSR count). The molecule has 96 valence electrons. The van der Waals surface area contributed by atoms with Crippen LogP contribution < -0.4 is 5.73 Å². The van der Waals surface area contributed by atoms with Gasteiger partial charge in [0.25, 0.3) is 0 Å². The van der Waals surface area contributed by atoms with E-state index in [2.05, 4.69) is 17.2 Å². The van der Waals surface area contributed by atoms with Crippen molar-refractivity contribution in [2.75, 3.05) is 0 Å². The number of nitrogens with zero attached hydrogens (tertiary/aromatic N) is 2. The minimum Gasteiger partial charge on any atom is -0.327 e. The summed E-state index contributed by atoms with van der Waals surface area (Å²) in [6.45, 7) is 1.91. The summed E-state index contributed by atoms with van der Waals surface area (Å²) in [5, 5.41) is 5.04. The normalized spacial score (nSPS) is 12.7. The zero-order valence-corrected chi connectivity index (χ0v) is 11.5. The van der Waals surface area contributed by atoms with E-state index < -0.39 is 0 Å². The predicted octanol–water partition coefficient (Wildman–Crippen LogP) is 2.49. The number of rotatable bonds is 4. The van der Waals surface area contributed by atoms with E-state index in [1.165, 1.54) is 5.56 Å². The number of hydrogen-bond donors (Lipinski definition) is 1. The third-order valence-electron chi connectivity index (χ3n) is 3.06. The van der Waals surface area contributed by atoms with Gasteiger partial charge in [0.1, 0.15) is 0 Å². The molecular weight excluding hydrogens is 246 g/mol. The van der Waals surface area contributed by atoms with Gasteiger partial charge in [-0.3, -0.25) is 4.68 Å². The lowest BCUT2D eigenvalue weighted by atomic mass is 10.0. The molecule has 4 heteroatoms. The van der Waals surface area contributed by atoms with E-state index in [1.807, 2.05) is 36.9 Å². The quantitative estimate of drug-likeness (QED) is 0.921. The topological polar surface area (TPSA) is 43.8 Å². The Morgan fingerprint density at radius 2 is 1.94 bits per heavy atom. The van der Waals surface area contributed by atoms with Gasteiger partial charge in [0.05, 0.1) is 16.4 Å². The molecule has 3 nitrogen and oxygen atoms in total. The zero-order valence-electron chi connectivity index (χ0n) is 10.7. The number of nitrogens with two attached hydrogens (primary N) is 1. The molecule has 0 aliphatic rings. The van der Waals surface area contributed by atoms with Crippen LogP contribution in [0.1, 0.15) is 17.0 Å². The van der Waals surface area contributed by atoms with Gasteiger partial charge in [0, 0.05) is 19.5 Å². The Morgan fingerprint density at radius 1 is 1.28 bits per heavy atom. The molecule has 0 bridgehead atoms. The third-order valence-corrected chi connectivity index (χ3v) is 3.55. The van der Waals surface area contributed by atoms with E-state index in [9.17, 15) is 0 Å². The van der Waals surface area contributed by atoms with E-state index in [-0.39, 0.29) is 6.04 Å². The molecule has 2 aromatic rings. The van der Waals surface area contributed by atoms with E-state index >= 15 is 0 Å². The average Bonchev–Trinajstić information content (AvgIpc) is 2.57. The van der Waals surface area contributed by atoms with Crippen LogP contribution in [0.25, 0.3) is 0 Å². The fraction of sp³-hybridized carbons (Fsp3) is 0.357. The van der Waals surface area contributed by atoms with Crippen LogP contribution in [0.15, 0.2) is 30.3 Å². The molecule has 0 fully saturated rings. The highest BCUT2D eigenvalue weighted by Crippen LogP contribution is 2.21. The monoisotopic (exact) mass is 263 g/mol. The van der Waals surface area contributed by atoms with E-state index in [0.717, 1.165) is 29.3 Å². The molecule has 0 radical (unpaired) electrons. The van der Waals surface area contributed by atoms with Crippen molar-refractivity contribution in [3.63, 3.8) is 0 Å². The number of hydrogen-bond acceptors (Lipinski definition) is 2. The summed E-state index contributed by atoms with van der Waals surface area (Å²) in [6.07, 6.45) is 1.59. The molecule has 1 aromatic heterocycles. The number of aryl methyl sites for hydroxylation is 2. The van der Waals surface area contributed by atoms with E-state index in [0.29, 0.717) is 0 Å². The summed E-state index contributed by atoms with van der Waals surface area (Å²) in [5.74, 6) is 0. The minimum atomic E-state index is 0.0553. The lowest BCUT2D eigenvalue weighted by Crippen LogP contribution is -2.26. The fourth-order valence-corrected chi connectivity index (χ4v) is 2.38. The van der Waals surface area contributed by atoms with Gasteiger partial charge < -0.3 is 5.73 Å². The molecule has 0 amide bonds. The number of aromatic nitrogens is 2. The van der Waals surface area contributed by atoms with Gasteiger partial charge in [-0.25, -0.2) is 0 Å². The van der Waals surface area contributed by atoms with Gasteiger partial charge in [-0.15, -0.1) is 0 Å². The van der Waals surface area contributed by atoms with Crippen LogP contribution in [0.2, 0.25) is 5.02 Å². The number of halogens is 1. The van der Waals surface area contributed by atoms with Crippen LogP contribution in [-0.4, -0.2) is 15.8 Å². The minimum absolute atomic E-state index is 0.0553.